The Hall–Kier alpha value is -0.0800. The fourth-order valence-corrected chi connectivity index (χ4v) is 4.42. The molecule has 2 heteroatoms. The van der Waals surface area contributed by atoms with Gasteiger partial charge in [-0.05, 0) is 63.5 Å². The van der Waals surface area contributed by atoms with Gasteiger partial charge in [0, 0.05) is 19.1 Å². The zero-order chi connectivity index (χ0) is 14.4. The molecule has 118 valence electrons. The number of nitrogens with one attached hydrogen (secondary N) is 1. The van der Waals surface area contributed by atoms with Gasteiger partial charge in [-0.3, -0.25) is 0 Å². The Kier molecular flexibility index (Phi) is 6.35. The molecule has 2 rings (SSSR count). The molecule has 0 bridgehead atoms. The van der Waals surface area contributed by atoms with E-state index in [0.717, 1.165) is 18.5 Å². The van der Waals surface area contributed by atoms with Crippen LogP contribution < -0.4 is 5.32 Å². The summed E-state index contributed by atoms with van der Waals surface area (Å²) in [6.07, 6.45) is 13.0. The van der Waals surface area contributed by atoms with Crippen LogP contribution in [0.25, 0.3) is 0 Å². The van der Waals surface area contributed by atoms with E-state index in [4.69, 9.17) is 0 Å². The van der Waals surface area contributed by atoms with Gasteiger partial charge >= 0.3 is 0 Å². The third kappa shape index (κ3) is 4.46. The van der Waals surface area contributed by atoms with E-state index in [1.165, 1.54) is 70.9 Å². The first-order valence-corrected chi connectivity index (χ1v) is 9.06. The van der Waals surface area contributed by atoms with Crippen molar-refractivity contribution in [1.29, 1.82) is 0 Å². The molecule has 2 aliphatic carbocycles. The van der Waals surface area contributed by atoms with Crippen LogP contribution in [0, 0.1) is 11.3 Å². The zero-order valence-electron chi connectivity index (χ0n) is 14.1. The molecular formula is C18H36N2. The smallest absolute Gasteiger partial charge is 0.00926 e. The van der Waals surface area contributed by atoms with Crippen LogP contribution in [0.4, 0.5) is 0 Å². The molecule has 0 radical (unpaired) electrons. The lowest BCUT2D eigenvalue weighted by molar-refractivity contribution is 0.0746. The van der Waals surface area contributed by atoms with Crippen molar-refractivity contribution < 1.29 is 0 Å². The summed E-state index contributed by atoms with van der Waals surface area (Å²) in [6, 6.07) is 0.853. The Morgan fingerprint density at radius 2 is 1.70 bits per heavy atom. The monoisotopic (exact) mass is 280 g/mol. The summed E-state index contributed by atoms with van der Waals surface area (Å²) in [5.74, 6) is 0.963. The maximum absolute atomic E-state index is 3.65. The summed E-state index contributed by atoms with van der Waals surface area (Å²) >= 11 is 0. The predicted octanol–water partition coefficient (Wildman–Crippen LogP) is 4.06. The second-order valence-corrected chi connectivity index (χ2v) is 7.67. The maximum atomic E-state index is 3.65. The largest absolute Gasteiger partial charge is 0.316 e. The van der Waals surface area contributed by atoms with Crippen LogP contribution in [-0.4, -0.2) is 37.6 Å². The van der Waals surface area contributed by atoms with E-state index in [1.54, 1.807) is 0 Å². The van der Waals surface area contributed by atoms with Crippen LogP contribution in [0.3, 0.4) is 0 Å². The van der Waals surface area contributed by atoms with Crippen LogP contribution in [0.5, 0.6) is 0 Å². The summed E-state index contributed by atoms with van der Waals surface area (Å²) in [5.41, 5.74) is 0.562. The third-order valence-electron chi connectivity index (χ3n) is 5.86. The van der Waals surface area contributed by atoms with E-state index in [-0.39, 0.29) is 0 Å². The highest BCUT2D eigenvalue weighted by molar-refractivity contribution is 4.89. The molecule has 0 spiro atoms. The molecule has 0 unspecified atom stereocenters. The zero-order valence-corrected chi connectivity index (χ0v) is 14.1. The number of hydrogen-bond donors (Lipinski definition) is 1. The normalized spacial score (nSPS) is 30.6. The van der Waals surface area contributed by atoms with Crippen LogP contribution in [0.1, 0.15) is 71.6 Å². The molecule has 0 aromatic heterocycles. The second-order valence-electron chi connectivity index (χ2n) is 7.67. The van der Waals surface area contributed by atoms with Gasteiger partial charge in [0.1, 0.15) is 0 Å². The molecular weight excluding hydrogens is 244 g/mol. The van der Waals surface area contributed by atoms with Gasteiger partial charge in [-0.1, -0.05) is 33.1 Å². The van der Waals surface area contributed by atoms with Crippen LogP contribution in [-0.2, 0) is 0 Å². The molecule has 0 amide bonds. The van der Waals surface area contributed by atoms with Gasteiger partial charge in [-0.15, -0.1) is 0 Å². The Labute approximate surface area is 126 Å². The number of nitrogens with zero attached hydrogens (tertiary/aromatic N) is 1. The van der Waals surface area contributed by atoms with Gasteiger partial charge < -0.3 is 10.2 Å². The van der Waals surface area contributed by atoms with Crippen molar-refractivity contribution in [3.05, 3.63) is 0 Å². The summed E-state index contributed by atoms with van der Waals surface area (Å²) in [7, 11) is 2.39. The minimum absolute atomic E-state index is 0.562. The Bertz CT molecular complexity index is 263. The maximum Gasteiger partial charge on any atom is 0.00926 e. The summed E-state index contributed by atoms with van der Waals surface area (Å²) < 4.78 is 0. The molecule has 0 aromatic carbocycles. The second kappa shape index (κ2) is 7.79. The summed E-state index contributed by atoms with van der Waals surface area (Å²) in [4.78, 5) is 2.72. The van der Waals surface area contributed by atoms with Crippen molar-refractivity contribution in [3.63, 3.8) is 0 Å². The van der Waals surface area contributed by atoms with E-state index in [9.17, 15) is 0 Å². The van der Waals surface area contributed by atoms with Crippen molar-refractivity contribution >= 4 is 0 Å². The first kappa shape index (κ1) is 16.3. The van der Waals surface area contributed by atoms with Crippen LogP contribution in [0.2, 0.25) is 0 Å². The minimum Gasteiger partial charge on any atom is -0.316 e. The van der Waals surface area contributed by atoms with Gasteiger partial charge in [-0.25, -0.2) is 0 Å². The molecule has 0 atom stereocenters. The average Bonchev–Trinajstić information content (AvgIpc) is 2.47. The summed E-state index contributed by atoms with van der Waals surface area (Å²) in [5, 5.41) is 3.65. The molecule has 2 nitrogen and oxygen atoms in total. The van der Waals surface area contributed by atoms with Gasteiger partial charge in [0.2, 0.25) is 0 Å². The topological polar surface area (TPSA) is 15.3 Å². The predicted molar refractivity (Wildman–Crippen MR) is 88.1 cm³/mol. The Morgan fingerprint density at radius 3 is 2.30 bits per heavy atom. The van der Waals surface area contributed by atoms with Crippen molar-refractivity contribution in [2.75, 3.05) is 26.7 Å². The van der Waals surface area contributed by atoms with Crippen molar-refractivity contribution in [3.8, 4) is 0 Å². The molecule has 2 aliphatic rings. The van der Waals surface area contributed by atoms with E-state index >= 15 is 0 Å². The summed E-state index contributed by atoms with van der Waals surface area (Å²) in [6.45, 7) is 8.33. The number of hydrogen-bond acceptors (Lipinski definition) is 2. The Morgan fingerprint density at radius 1 is 1.05 bits per heavy atom. The van der Waals surface area contributed by atoms with E-state index in [0.29, 0.717) is 5.41 Å². The van der Waals surface area contributed by atoms with Crippen molar-refractivity contribution in [2.24, 2.45) is 11.3 Å². The van der Waals surface area contributed by atoms with Crippen molar-refractivity contribution in [2.45, 2.75) is 77.7 Å². The average molecular weight is 280 g/mol. The molecule has 20 heavy (non-hydrogen) atoms. The van der Waals surface area contributed by atoms with Gasteiger partial charge in [0.05, 0.1) is 0 Å². The van der Waals surface area contributed by atoms with Gasteiger partial charge in [-0.2, -0.15) is 0 Å². The fourth-order valence-electron chi connectivity index (χ4n) is 4.42. The van der Waals surface area contributed by atoms with Crippen LogP contribution in [0.15, 0.2) is 0 Å². The van der Waals surface area contributed by atoms with E-state index in [1.807, 2.05) is 0 Å². The van der Waals surface area contributed by atoms with E-state index < -0.39 is 0 Å². The standard InChI is InChI=1S/C18H36N2/c1-4-19-14-18(12-6-5-7-13-18)15-20(3)17-10-8-16(2)9-11-17/h16-17,19H,4-15H2,1-3H3. The Balaban J connectivity index is 1.89. The minimum atomic E-state index is 0.562. The highest BCUT2D eigenvalue weighted by atomic mass is 15.1. The van der Waals surface area contributed by atoms with Crippen molar-refractivity contribution in [1.82, 2.24) is 10.2 Å². The van der Waals surface area contributed by atoms with Crippen LogP contribution >= 0.6 is 0 Å². The van der Waals surface area contributed by atoms with E-state index in [2.05, 4.69) is 31.1 Å². The molecule has 2 fully saturated rings. The third-order valence-corrected chi connectivity index (χ3v) is 5.86. The lowest BCUT2D eigenvalue weighted by atomic mass is 9.73. The molecule has 0 aliphatic heterocycles. The molecule has 0 saturated heterocycles. The number of rotatable bonds is 6. The molecule has 1 N–H and O–H groups in total. The molecule has 2 saturated carbocycles. The lowest BCUT2D eigenvalue weighted by Gasteiger charge is -2.44. The highest BCUT2D eigenvalue weighted by Crippen LogP contribution is 2.38. The lowest BCUT2D eigenvalue weighted by Crippen LogP contribution is -2.47. The van der Waals surface area contributed by atoms with Gasteiger partial charge in [0.15, 0.2) is 0 Å². The first-order valence-electron chi connectivity index (χ1n) is 9.06. The first-order chi connectivity index (χ1) is 9.65. The highest BCUT2D eigenvalue weighted by Gasteiger charge is 2.34. The fraction of sp³-hybridized carbons (Fsp3) is 1.00. The molecule has 0 heterocycles. The SMILES string of the molecule is CCNCC1(CN(C)C2CCC(C)CC2)CCCCC1. The molecule has 0 aromatic rings. The van der Waals surface area contributed by atoms with Gasteiger partial charge in [0.25, 0.3) is 0 Å². The quantitative estimate of drug-likeness (QED) is 0.789.